The molecule has 0 aliphatic heterocycles. The van der Waals surface area contributed by atoms with E-state index in [9.17, 15) is 28.1 Å². The second-order valence-corrected chi connectivity index (χ2v) is 6.45. The van der Waals surface area contributed by atoms with Gasteiger partial charge in [-0.05, 0) is 30.3 Å². The van der Waals surface area contributed by atoms with Crippen LogP contribution in [0.25, 0.3) is 0 Å². The zero-order chi connectivity index (χ0) is 23.5. The first kappa shape index (κ1) is 22.7. The van der Waals surface area contributed by atoms with Gasteiger partial charge in [-0.25, -0.2) is 19.7 Å². The van der Waals surface area contributed by atoms with Gasteiger partial charge in [-0.15, -0.1) is 0 Å². The van der Waals surface area contributed by atoms with Gasteiger partial charge in [0.1, 0.15) is 6.33 Å². The van der Waals surface area contributed by atoms with Gasteiger partial charge >= 0.3 is 17.8 Å². The average Bonchev–Trinajstić information content (AvgIpc) is 2.74. The lowest BCUT2D eigenvalue weighted by molar-refractivity contribution is -0.383. The van der Waals surface area contributed by atoms with E-state index < -0.39 is 33.3 Å². The van der Waals surface area contributed by atoms with E-state index in [1.54, 1.807) is 0 Å². The molecule has 0 fully saturated rings. The number of rotatable bonds is 6. The highest BCUT2D eigenvalue weighted by Gasteiger charge is 2.32. The first-order valence-electron chi connectivity index (χ1n) is 8.54. The van der Waals surface area contributed by atoms with Gasteiger partial charge in [-0.2, -0.15) is 13.2 Å². The number of aromatic nitrogens is 3. The molecule has 3 aromatic rings. The van der Waals surface area contributed by atoms with E-state index in [4.69, 9.17) is 11.6 Å². The Hall–Kier alpha value is -4.00. The molecule has 0 radical (unpaired) electrons. The van der Waals surface area contributed by atoms with Crippen molar-refractivity contribution in [2.45, 2.75) is 6.18 Å². The zero-order valence-electron chi connectivity index (χ0n) is 16.0. The van der Waals surface area contributed by atoms with Gasteiger partial charge < -0.3 is 15.4 Å². The maximum atomic E-state index is 12.8. The molecule has 10 nitrogen and oxygen atoms in total. The molecule has 0 atom stereocenters. The van der Waals surface area contributed by atoms with Gasteiger partial charge in [0, 0.05) is 11.9 Å². The fraction of sp³-hybridized carbons (Fsp3) is 0.111. The number of methoxy groups -OCH3 is 1. The van der Waals surface area contributed by atoms with Crippen LogP contribution in [-0.4, -0.2) is 33.0 Å². The third-order valence-electron chi connectivity index (χ3n) is 3.98. The highest BCUT2D eigenvalue weighted by atomic mass is 35.5. The maximum absolute atomic E-state index is 12.8. The number of benzene rings is 1. The molecule has 0 spiro atoms. The van der Waals surface area contributed by atoms with Crippen LogP contribution in [0.3, 0.4) is 0 Å². The number of nitrogens with one attached hydrogen (secondary N) is 2. The number of anilines is 4. The summed E-state index contributed by atoms with van der Waals surface area (Å²) in [5, 5.41) is 16.4. The van der Waals surface area contributed by atoms with E-state index in [0.29, 0.717) is 18.0 Å². The van der Waals surface area contributed by atoms with Gasteiger partial charge in [0.2, 0.25) is 11.6 Å². The van der Waals surface area contributed by atoms with Crippen LogP contribution in [0.5, 0.6) is 0 Å². The summed E-state index contributed by atoms with van der Waals surface area (Å²) >= 11 is 5.85. The molecule has 2 N–H and O–H groups in total. The first-order valence-corrected chi connectivity index (χ1v) is 8.92. The molecular weight excluding hydrogens is 457 g/mol. The van der Waals surface area contributed by atoms with Crippen LogP contribution in [0.4, 0.5) is 42.0 Å². The van der Waals surface area contributed by atoms with Crippen LogP contribution >= 0.6 is 11.6 Å². The topological polar surface area (TPSA) is 132 Å². The summed E-state index contributed by atoms with van der Waals surface area (Å²) in [5.74, 6) is -1.40. The van der Waals surface area contributed by atoms with E-state index in [-0.39, 0.29) is 23.0 Å². The highest BCUT2D eigenvalue weighted by Crippen LogP contribution is 2.36. The predicted molar refractivity (Wildman–Crippen MR) is 107 cm³/mol. The van der Waals surface area contributed by atoms with Gasteiger partial charge in [-0.3, -0.25) is 10.1 Å². The molecule has 1 aromatic carbocycles. The van der Waals surface area contributed by atoms with Crippen molar-refractivity contribution in [2.24, 2.45) is 0 Å². The van der Waals surface area contributed by atoms with Crippen molar-refractivity contribution in [1.29, 1.82) is 0 Å². The molecule has 0 bridgehead atoms. The van der Waals surface area contributed by atoms with Crippen LogP contribution in [0.15, 0.2) is 42.9 Å². The molecular formula is C18H12ClF3N6O4. The summed E-state index contributed by atoms with van der Waals surface area (Å²) in [6.07, 6.45) is -3.13. The third kappa shape index (κ3) is 5.00. The molecule has 0 aliphatic carbocycles. The third-order valence-corrected chi connectivity index (χ3v) is 4.27. The van der Waals surface area contributed by atoms with Crippen LogP contribution in [0, 0.1) is 10.1 Å². The highest BCUT2D eigenvalue weighted by molar-refractivity contribution is 6.33. The van der Waals surface area contributed by atoms with Crippen molar-refractivity contribution < 1.29 is 27.6 Å². The van der Waals surface area contributed by atoms with Gasteiger partial charge in [0.05, 0.1) is 28.2 Å². The number of halogens is 4. The van der Waals surface area contributed by atoms with E-state index in [2.05, 4.69) is 30.3 Å². The quantitative estimate of drug-likeness (QED) is 0.299. The van der Waals surface area contributed by atoms with E-state index in [1.165, 1.54) is 31.4 Å². The molecule has 166 valence electrons. The largest absolute Gasteiger partial charge is 0.465 e. The number of ether oxygens (including phenoxy) is 1. The Bertz CT molecular complexity index is 1170. The molecule has 2 aromatic heterocycles. The SMILES string of the molecule is COC(=O)c1ccc(Nc2ncnc(Nc3ncc(C(F)(F)F)cc3Cl)c2[N+](=O)[O-])cc1. The molecule has 3 rings (SSSR count). The van der Waals surface area contributed by atoms with E-state index in [1.807, 2.05) is 0 Å². The lowest BCUT2D eigenvalue weighted by Gasteiger charge is -2.12. The normalized spacial score (nSPS) is 11.0. The van der Waals surface area contributed by atoms with Crippen molar-refractivity contribution >= 4 is 46.4 Å². The minimum atomic E-state index is -4.66. The van der Waals surface area contributed by atoms with Crippen molar-refractivity contribution in [3.05, 3.63) is 69.1 Å². The first-order chi connectivity index (χ1) is 15.1. The van der Waals surface area contributed by atoms with Crippen LogP contribution in [0.1, 0.15) is 15.9 Å². The van der Waals surface area contributed by atoms with Crippen molar-refractivity contribution in [2.75, 3.05) is 17.7 Å². The minimum absolute atomic E-state index is 0.221. The standard InChI is InChI=1S/C18H12ClF3N6O4/c1-32-17(29)9-2-4-11(5-3-9)26-15-13(28(30)31)16(25-8-24-15)27-14-12(19)6-10(7-23-14)18(20,21)22/h2-8H,1H3,(H2,23,24,25,26,27). The lowest BCUT2D eigenvalue weighted by Crippen LogP contribution is -2.08. The number of carbonyl (C=O) groups excluding carboxylic acids is 1. The Kier molecular flexibility index (Phi) is 6.39. The predicted octanol–water partition coefficient (Wildman–Crippen LogP) is 4.73. The second kappa shape index (κ2) is 9.01. The van der Waals surface area contributed by atoms with Gasteiger partial charge in [0.15, 0.2) is 5.82 Å². The molecule has 32 heavy (non-hydrogen) atoms. The van der Waals surface area contributed by atoms with E-state index in [0.717, 1.165) is 6.33 Å². The van der Waals surface area contributed by atoms with Crippen LogP contribution in [-0.2, 0) is 10.9 Å². The number of hydrogen-bond donors (Lipinski definition) is 2. The number of pyridine rings is 1. The van der Waals surface area contributed by atoms with Gasteiger partial charge in [0.25, 0.3) is 0 Å². The van der Waals surface area contributed by atoms with E-state index >= 15 is 0 Å². The number of hydrogen-bond acceptors (Lipinski definition) is 9. The zero-order valence-corrected chi connectivity index (χ0v) is 16.7. The molecule has 2 heterocycles. The smallest absolute Gasteiger partial charge is 0.417 e. The van der Waals surface area contributed by atoms with Crippen LogP contribution < -0.4 is 10.6 Å². The Labute approximate surface area is 182 Å². The number of carbonyl (C=O) groups is 1. The summed E-state index contributed by atoms with van der Waals surface area (Å²) in [6, 6.07) is 6.45. The lowest BCUT2D eigenvalue weighted by atomic mass is 10.2. The summed E-state index contributed by atoms with van der Waals surface area (Å²) < 4.78 is 42.9. The average molecular weight is 469 g/mol. The minimum Gasteiger partial charge on any atom is -0.465 e. The summed E-state index contributed by atoms with van der Waals surface area (Å²) in [6.45, 7) is 0. The molecule has 0 saturated carbocycles. The second-order valence-electron chi connectivity index (χ2n) is 6.05. The summed E-state index contributed by atoms with van der Waals surface area (Å²) in [4.78, 5) is 33.6. The molecule has 0 amide bonds. The Morgan fingerprint density at radius 3 is 2.25 bits per heavy atom. The van der Waals surface area contributed by atoms with Crippen molar-refractivity contribution in [3.63, 3.8) is 0 Å². The molecule has 0 saturated heterocycles. The monoisotopic (exact) mass is 468 g/mol. The number of alkyl halides is 3. The number of nitro groups is 1. The molecule has 0 aliphatic rings. The fourth-order valence-corrected chi connectivity index (χ4v) is 2.69. The Morgan fingerprint density at radius 2 is 1.72 bits per heavy atom. The van der Waals surface area contributed by atoms with Gasteiger partial charge in [-0.1, -0.05) is 11.6 Å². The maximum Gasteiger partial charge on any atom is 0.417 e. The van der Waals surface area contributed by atoms with Crippen molar-refractivity contribution in [3.8, 4) is 0 Å². The number of esters is 1. The number of nitrogens with zero attached hydrogens (tertiary/aromatic N) is 4. The molecule has 0 unspecified atom stereocenters. The van der Waals surface area contributed by atoms with Crippen molar-refractivity contribution in [1.82, 2.24) is 15.0 Å². The van der Waals surface area contributed by atoms with Crippen LogP contribution in [0.2, 0.25) is 5.02 Å². The Morgan fingerprint density at radius 1 is 1.09 bits per heavy atom. The Balaban J connectivity index is 1.92. The fourth-order valence-electron chi connectivity index (χ4n) is 2.48. The summed E-state index contributed by atoms with van der Waals surface area (Å²) in [7, 11) is 1.23. The summed E-state index contributed by atoms with van der Waals surface area (Å²) in [5.41, 5.74) is -1.07. The molecule has 14 heteroatoms.